The van der Waals surface area contributed by atoms with Gasteiger partial charge in [-0.3, -0.25) is 14.4 Å². The third kappa shape index (κ3) is 10.6. The zero-order chi connectivity index (χ0) is 28.1. The van der Waals surface area contributed by atoms with Gasteiger partial charge in [0.1, 0.15) is 24.8 Å². The van der Waals surface area contributed by atoms with E-state index in [1.165, 1.54) is 0 Å². The van der Waals surface area contributed by atoms with Crippen molar-refractivity contribution in [3.05, 3.63) is 71.8 Å². The van der Waals surface area contributed by atoms with Crippen LogP contribution in [-0.4, -0.2) is 53.3 Å². The van der Waals surface area contributed by atoms with Crippen molar-refractivity contribution in [3.63, 3.8) is 0 Å². The Labute approximate surface area is 223 Å². The van der Waals surface area contributed by atoms with Gasteiger partial charge < -0.3 is 30.5 Å². The van der Waals surface area contributed by atoms with Gasteiger partial charge in [-0.05, 0) is 38.3 Å². The molecule has 0 bridgehead atoms. The minimum Gasteiger partial charge on any atom is -0.460 e. The normalized spacial score (nSPS) is 13.4. The monoisotopic (exact) mass is 527 g/mol. The van der Waals surface area contributed by atoms with Crippen molar-refractivity contribution in [3.8, 4) is 0 Å². The minimum atomic E-state index is -1.64. The topological polar surface area (TPSA) is 143 Å². The number of ether oxygens (including phenoxy) is 2. The van der Waals surface area contributed by atoms with Crippen molar-refractivity contribution in [2.75, 3.05) is 6.54 Å². The zero-order valence-corrected chi connectivity index (χ0v) is 22.2. The molecule has 0 spiro atoms. The average Bonchev–Trinajstić information content (AvgIpc) is 2.88. The van der Waals surface area contributed by atoms with Crippen LogP contribution >= 0.6 is 0 Å². The molecule has 0 saturated heterocycles. The van der Waals surface area contributed by atoms with Gasteiger partial charge in [0.2, 0.25) is 5.91 Å². The molecule has 2 rings (SSSR count). The maximum Gasteiger partial charge on any atom is 0.408 e. The predicted octanol–water partition coefficient (Wildman–Crippen LogP) is 2.76. The van der Waals surface area contributed by atoms with Gasteiger partial charge in [0.25, 0.3) is 5.91 Å². The highest BCUT2D eigenvalue weighted by atomic mass is 16.6. The molecule has 0 aliphatic heterocycles. The Morgan fingerprint density at radius 3 is 2.08 bits per heavy atom. The van der Waals surface area contributed by atoms with E-state index in [0.717, 1.165) is 5.56 Å². The summed E-state index contributed by atoms with van der Waals surface area (Å²) in [6.07, 6.45) is -1.61. The molecular weight excluding hydrogens is 490 g/mol. The van der Waals surface area contributed by atoms with Crippen LogP contribution in [0.1, 0.15) is 57.7 Å². The van der Waals surface area contributed by atoms with Gasteiger partial charge in [-0.2, -0.15) is 0 Å². The summed E-state index contributed by atoms with van der Waals surface area (Å²) >= 11 is 0. The molecule has 2 unspecified atom stereocenters. The number of nitrogens with one attached hydrogen (secondary N) is 3. The van der Waals surface area contributed by atoms with Gasteiger partial charge >= 0.3 is 12.1 Å². The molecule has 10 heteroatoms. The number of alkyl carbamates (subject to hydrolysis) is 1. The molecule has 2 aromatic carbocycles. The van der Waals surface area contributed by atoms with E-state index < -0.39 is 54.2 Å². The van der Waals surface area contributed by atoms with Crippen molar-refractivity contribution >= 4 is 23.9 Å². The maximum atomic E-state index is 13.2. The van der Waals surface area contributed by atoms with Gasteiger partial charge in [-0.1, -0.05) is 74.0 Å². The Kier molecular flexibility index (Phi) is 11.7. The van der Waals surface area contributed by atoms with Crippen LogP contribution in [0, 0.1) is 0 Å². The van der Waals surface area contributed by atoms with Crippen LogP contribution in [0.5, 0.6) is 0 Å². The molecule has 0 aliphatic carbocycles. The van der Waals surface area contributed by atoms with Crippen LogP contribution in [0.15, 0.2) is 60.7 Å². The van der Waals surface area contributed by atoms with Crippen molar-refractivity contribution in [1.82, 2.24) is 16.0 Å². The molecule has 206 valence electrons. The first-order valence-electron chi connectivity index (χ1n) is 12.5. The summed E-state index contributed by atoms with van der Waals surface area (Å²) in [4.78, 5) is 50.3. The van der Waals surface area contributed by atoms with Crippen LogP contribution in [0.2, 0.25) is 0 Å². The predicted molar refractivity (Wildman–Crippen MR) is 141 cm³/mol. The first-order valence-corrected chi connectivity index (χ1v) is 12.5. The number of aliphatic hydroxyl groups excluding tert-OH is 1. The highest BCUT2D eigenvalue weighted by molar-refractivity contribution is 5.89. The molecule has 2 aromatic rings. The van der Waals surface area contributed by atoms with Crippen LogP contribution in [0.25, 0.3) is 0 Å². The van der Waals surface area contributed by atoms with Crippen LogP contribution in [-0.2, 0) is 30.5 Å². The Hall–Kier alpha value is -3.92. The Morgan fingerprint density at radius 1 is 0.895 bits per heavy atom. The summed E-state index contributed by atoms with van der Waals surface area (Å²) in [6, 6.07) is 15.5. The van der Waals surface area contributed by atoms with E-state index in [4.69, 9.17) is 9.47 Å². The van der Waals surface area contributed by atoms with Crippen molar-refractivity contribution in [2.45, 2.75) is 70.9 Å². The summed E-state index contributed by atoms with van der Waals surface area (Å²) in [7, 11) is 0. The smallest absolute Gasteiger partial charge is 0.408 e. The van der Waals surface area contributed by atoms with Crippen molar-refractivity contribution in [1.29, 1.82) is 0 Å². The fourth-order valence-corrected chi connectivity index (χ4v) is 3.49. The Bertz CT molecular complexity index is 1060. The highest BCUT2D eigenvalue weighted by Gasteiger charge is 2.32. The minimum absolute atomic E-state index is 0.0537. The molecule has 4 N–H and O–H groups in total. The van der Waals surface area contributed by atoms with E-state index in [0.29, 0.717) is 12.0 Å². The fraction of sp³-hybridized carbons (Fsp3) is 0.429. The van der Waals surface area contributed by atoms with Gasteiger partial charge in [0.15, 0.2) is 6.10 Å². The standard InChI is InChI=1S/C28H37N3O7/c1-5-12-21(24(33)26(35)29-17-22(32)37-18-19-13-8-6-9-14-19)30-25(34)23(20-15-10-7-11-16-20)31-27(36)38-28(2,3)4/h6-11,13-16,21,23-24,33H,5,12,17-18H2,1-4H3,(H,29,35)(H,30,34)(H,31,36)/t21?,23-,24?/m0/s1. The maximum absolute atomic E-state index is 13.2. The molecule has 0 aliphatic rings. The third-order valence-corrected chi connectivity index (χ3v) is 5.28. The summed E-state index contributed by atoms with van der Waals surface area (Å²) < 4.78 is 10.4. The lowest BCUT2D eigenvalue weighted by Gasteiger charge is -2.27. The molecule has 0 radical (unpaired) electrons. The Balaban J connectivity index is 2.01. The lowest BCUT2D eigenvalue weighted by atomic mass is 10.0. The zero-order valence-electron chi connectivity index (χ0n) is 22.2. The van der Waals surface area contributed by atoms with E-state index in [1.807, 2.05) is 25.1 Å². The molecule has 3 amide bonds. The van der Waals surface area contributed by atoms with Crippen molar-refractivity contribution < 1.29 is 33.8 Å². The van der Waals surface area contributed by atoms with Crippen molar-refractivity contribution in [2.24, 2.45) is 0 Å². The molecule has 0 saturated carbocycles. The number of amides is 3. The number of carbonyl (C=O) groups is 4. The summed E-state index contributed by atoms with van der Waals surface area (Å²) in [5.41, 5.74) is 0.514. The number of hydrogen-bond donors (Lipinski definition) is 4. The van der Waals surface area contributed by atoms with E-state index in [1.54, 1.807) is 63.2 Å². The second-order valence-corrected chi connectivity index (χ2v) is 9.70. The van der Waals surface area contributed by atoms with E-state index in [2.05, 4.69) is 16.0 Å². The first kappa shape index (κ1) is 30.3. The van der Waals surface area contributed by atoms with Gasteiger partial charge in [-0.25, -0.2) is 4.79 Å². The number of benzene rings is 2. The van der Waals surface area contributed by atoms with Crippen LogP contribution in [0.3, 0.4) is 0 Å². The summed E-state index contributed by atoms with van der Waals surface area (Å²) in [5.74, 6) is -2.14. The fourth-order valence-electron chi connectivity index (χ4n) is 3.49. The number of aliphatic hydroxyl groups is 1. The second kappa shape index (κ2) is 14.7. The SMILES string of the molecule is CCCC(NC(=O)[C@@H](NC(=O)OC(C)(C)C)c1ccccc1)C(O)C(=O)NCC(=O)OCc1ccccc1. The molecule has 0 aromatic heterocycles. The second-order valence-electron chi connectivity index (χ2n) is 9.70. The highest BCUT2D eigenvalue weighted by Crippen LogP contribution is 2.16. The van der Waals surface area contributed by atoms with Gasteiger partial charge in [0, 0.05) is 0 Å². The van der Waals surface area contributed by atoms with E-state index in [-0.39, 0.29) is 13.0 Å². The summed E-state index contributed by atoms with van der Waals surface area (Å²) in [6.45, 7) is 6.55. The Morgan fingerprint density at radius 2 is 1.50 bits per heavy atom. The first-order chi connectivity index (χ1) is 18.0. The molecule has 38 heavy (non-hydrogen) atoms. The van der Waals surface area contributed by atoms with Gasteiger partial charge in [-0.15, -0.1) is 0 Å². The molecule has 0 fully saturated rings. The number of rotatable bonds is 12. The average molecular weight is 528 g/mol. The molecule has 3 atom stereocenters. The van der Waals surface area contributed by atoms with E-state index in [9.17, 15) is 24.3 Å². The number of esters is 1. The van der Waals surface area contributed by atoms with E-state index >= 15 is 0 Å². The molecular formula is C28H37N3O7. The molecule has 0 heterocycles. The van der Waals surface area contributed by atoms with Crippen LogP contribution in [0.4, 0.5) is 4.79 Å². The van der Waals surface area contributed by atoms with Crippen LogP contribution < -0.4 is 16.0 Å². The number of carbonyl (C=O) groups excluding carboxylic acids is 4. The van der Waals surface area contributed by atoms with Gasteiger partial charge in [0.05, 0.1) is 6.04 Å². The largest absolute Gasteiger partial charge is 0.460 e. The quantitative estimate of drug-likeness (QED) is 0.311. The third-order valence-electron chi connectivity index (χ3n) is 5.28. The lowest BCUT2D eigenvalue weighted by Crippen LogP contribution is -2.53. The molecule has 10 nitrogen and oxygen atoms in total. The lowest BCUT2D eigenvalue weighted by molar-refractivity contribution is -0.146. The summed E-state index contributed by atoms with van der Waals surface area (Å²) in [5, 5.41) is 18.2. The number of hydrogen-bond acceptors (Lipinski definition) is 7.